The highest BCUT2D eigenvalue weighted by Gasteiger charge is 2.20. The molecule has 1 aliphatic heterocycles. The third-order valence-electron chi connectivity index (χ3n) is 3.30. The van der Waals surface area contributed by atoms with Gasteiger partial charge in [-0.05, 0) is 40.4 Å². The summed E-state index contributed by atoms with van der Waals surface area (Å²) in [7, 11) is 0. The highest BCUT2D eigenvalue weighted by molar-refractivity contribution is 9.10. The molecule has 0 saturated heterocycles. The van der Waals surface area contributed by atoms with Crippen molar-refractivity contribution in [3.63, 3.8) is 0 Å². The topological polar surface area (TPSA) is 42.4 Å². The molecule has 0 amide bonds. The van der Waals surface area contributed by atoms with Crippen LogP contribution in [0.3, 0.4) is 0 Å². The molecular weight excluding hydrogens is 306 g/mol. The van der Waals surface area contributed by atoms with Gasteiger partial charge in [0.15, 0.2) is 0 Å². The standard InChI is InChI=1S/C15H14BrNO2/c16-12-7-11(8-17-9-12)14(18)13-5-1-3-10-4-2-6-19-15(10)13/h1,3,5,7-9,14,18H,2,4,6H2. The van der Waals surface area contributed by atoms with E-state index in [2.05, 4.69) is 27.0 Å². The molecule has 98 valence electrons. The molecule has 4 heteroatoms. The average Bonchev–Trinajstić information content (AvgIpc) is 2.46. The van der Waals surface area contributed by atoms with Crippen LogP contribution in [0, 0.1) is 0 Å². The van der Waals surface area contributed by atoms with Gasteiger partial charge in [0.05, 0.1) is 6.61 Å². The summed E-state index contributed by atoms with van der Waals surface area (Å²) >= 11 is 3.37. The van der Waals surface area contributed by atoms with Gasteiger partial charge in [0.2, 0.25) is 0 Å². The zero-order chi connectivity index (χ0) is 13.2. The number of halogens is 1. The summed E-state index contributed by atoms with van der Waals surface area (Å²) in [5.41, 5.74) is 2.75. The Morgan fingerprint density at radius 1 is 1.32 bits per heavy atom. The highest BCUT2D eigenvalue weighted by atomic mass is 79.9. The first kappa shape index (κ1) is 12.6. The van der Waals surface area contributed by atoms with E-state index in [0.29, 0.717) is 6.61 Å². The lowest BCUT2D eigenvalue weighted by Crippen LogP contribution is -2.12. The number of hydrogen-bond acceptors (Lipinski definition) is 3. The molecule has 1 unspecified atom stereocenters. The molecular formula is C15H14BrNO2. The molecule has 1 aromatic carbocycles. The maximum absolute atomic E-state index is 10.5. The zero-order valence-corrected chi connectivity index (χ0v) is 11.9. The van der Waals surface area contributed by atoms with Gasteiger partial charge in [-0.2, -0.15) is 0 Å². The minimum atomic E-state index is -0.710. The van der Waals surface area contributed by atoms with Crippen molar-refractivity contribution in [1.82, 2.24) is 4.98 Å². The number of aryl methyl sites for hydroxylation is 1. The number of pyridine rings is 1. The van der Waals surface area contributed by atoms with Gasteiger partial charge in [-0.15, -0.1) is 0 Å². The molecule has 0 radical (unpaired) electrons. The van der Waals surface area contributed by atoms with Gasteiger partial charge in [-0.25, -0.2) is 0 Å². The van der Waals surface area contributed by atoms with E-state index in [0.717, 1.165) is 34.2 Å². The number of rotatable bonds is 2. The lowest BCUT2D eigenvalue weighted by Gasteiger charge is -2.22. The number of aliphatic hydroxyl groups excluding tert-OH is 1. The van der Waals surface area contributed by atoms with Crippen molar-refractivity contribution in [2.75, 3.05) is 6.61 Å². The van der Waals surface area contributed by atoms with Crippen molar-refractivity contribution in [1.29, 1.82) is 0 Å². The van der Waals surface area contributed by atoms with Gasteiger partial charge in [0, 0.05) is 28.0 Å². The normalized spacial score (nSPS) is 15.5. The Labute approximate surface area is 120 Å². The Bertz CT molecular complexity index is 600. The molecule has 1 atom stereocenters. The van der Waals surface area contributed by atoms with Gasteiger partial charge in [0.25, 0.3) is 0 Å². The van der Waals surface area contributed by atoms with Crippen molar-refractivity contribution in [2.45, 2.75) is 18.9 Å². The van der Waals surface area contributed by atoms with E-state index in [-0.39, 0.29) is 0 Å². The molecule has 1 N–H and O–H groups in total. The molecule has 0 aliphatic carbocycles. The SMILES string of the molecule is OC(c1cncc(Br)c1)c1cccc2c1OCCC2. The third-order valence-corrected chi connectivity index (χ3v) is 3.73. The molecule has 19 heavy (non-hydrogen) atoms. The van der Waals surface area contributed by atoms with Crippen molar-refractivity contribution >= 4 is 15.9 Å². The van der Waals surface area contributed by atoms with Crippen molar-refractivity contribution in [3.8, 4) is 5.75 Å². The van der Waals surface area contributed by atoms with E-state index in [1.165, 1.54) is 5.56 Å². The van der Waals surface area contributed by atoms with Gasteiger partial charge >= 0.3 is 0 Å². The molecule has 0 saturated carbocycles. The fraction of sp³-hybridized carbons (Fsp3) is 0.267. The van der Waals surface area contributed by atoms with Crippen LogP contribution in [0.15, 0.2) is 41.1 Å². The van der Waals surface area contributed by atoms with Crippen LogP contribution in [-0.2, 0) is 6.42 Å². The summed E-state index contributed by atoms with van der Waals surface area (Å²) in [6, 6.07) is 7.82. The Morgan fingerprint density at radius 3 is 3.05 bits per heavy atom. The Balaban J connectivity index is 2.02. The van der Waals surface area contributed by atoms with Crippen LogP contribution >= 0.6 is 15.9 Å². The molecule has 1 aliphatic rings. The van der Waals surface area contributed by atoms with Gasteiger partial charge in [-0.3, -0.25) is 4.98 Å². The largest absolute Gasteiger partial charge is 0.493 e. The second-order valence-corrected chi connectivity index (χ2v) is 5.54. The first-order valence-electron chi connectivity index (χ1n) is 6.29. The number of ether oxygens (including phenoxy) is 1. The summed E-state index contributed by atoms with van der Waals surface area (Å²) in [6.45, 7) is 0.716. The van der Waals surface area contributed by atoms with Crippen LogP contribution in [-0.4, -0.2) is 16.7 Å². The van der Waals surface area contributed by atoms with Crippen LogP contribution in [0.4, 0.5) is 0 Å². The fourth-order valence-electron chi connectivity index (χ4n) is 2.39. The van der Waals surface area contributed by atoms with Crippen molar-refractivity contribution < 1.29 is 9.84 Å². The molecule has 0 spiro atoms. The molecule has 0 fully saturated rings. The van der Waals surface area contributed by atoms with Gasteiger partial charge in [-0.1, -0.05) is 18.2 Å². The molecule has 2 heterocycles. The second-order valence-electron chi connectivity index (χ2n) is 4.63. The summed E-state index contributed by atoms with van der Waals surface area (Å²) in [5.74, 6) is 0.834. The summed E-state index contributed by atoms with van der Waals surface area (Å²) in [6.07, 6.45) is 4.71. The Hall–Kier alpha value is -1.39. The van der Waals surface area contributed by atoms with Crippen molar-refractivity contribution in [2.24, 2.45) is 0 Å². The Kier molecular flexibility index (Phi) is 3.53. The molecule has 3 nitrogen and oxygen atoms in total. The van der Waals surface area contributed by atoms with Crippen LogP contribution in [0.25, 0.3) is 0 Å². The number of fused-ring (bicyclic) bond motifs is 1. The highest BCUT2D eigenvalue weighted by Crippen LogP contribution is 2.35. The minimum absolute atomic E-state index is 0.710. The lowest BCUT2D eigenvalue weighted by molar-refractivity contribution is 0.206. The van der Waals surface area contributed by atoms with E-state index < -0.39 is 6.10 Å². The quantitative estimate of drug-likeness (QED) is 0.924. The van der Waals surface area contributed by atoms with E-state index in [9.17, 15) is 5.11 Å². The van der Waals surface area contributed by atoms with E-state index in [1.807, 2.05) is 18.2 Å². The maximum Gasteiger partial charge on any atom is 0.128 e. The van der Waals surface area contributed by atoms with Crippen LogP contribution < -0.4 is 4.74 Å². The van der Waals surface area contributed by atoms with E-state index in [4.69, 9.17) is 4.74 Å². The number of aliphatic hydroxyl groups is 1. The van der Waals surface area contributed by atoms with E-state index in [1.54, 1.807) is 12.4 Å². The third kappa shape index (κ3) is 2.51. The van der Waals surface area contributed by atoms with Crippen LogP contribution in [0.2, 0.25) is 0 Å². The number of benzene rings is 1. The maximum atomic E-state index is 10.5. The fourth-order valence-corrected chi connectivity index (χ4v) is 2.77. The Morgan fingerprint density at radius 2 is 2.21 bits per heavy atom. The number of hydrogen-bond donors (Lipinski definition) is 1. The van der Waals surface area contributed by atoms with Crippen LogP contribution in [0.5, 0.6) is 5.75 Å². The average molecular weight is 320 g/mol. The molecule has 3 rings (SSSR count). The van der Waals surface area contributed by atoms with Gasteiger partial charge < -0.3 is 9.84 Å². The molecule has 1 aromatic heterocycles. The number of para-hydroxylation sites is 1. The summed E-state index contributed by atoms with van der Waals surface area (Å²) in [4.78, 5) is 4.10. The second kappa shape index (κ2) is 5.31. The van der Waals surface area contributed by atoms with Crippen LogP contribution in [0.1, 0.15) is 29.2 Å². The minimum Gasteiger partial charge on any atom is -0.493 e. The smallest absolute Gasteiger partial charge is 0.128 e. The monoisotopic (exact) mass is 319 g/mol. The van der Waals surface area contributed by atoms with Gasteiger partial charge in [0.1, 0.15) is 11.9 Å². The predicted octanol–water partition coefficient (Wildman–Crippen LogP) is 3.25. The number of nitrogens with zero attached hydrogens (tertiary/aromatic N) is 1. The lowest BCUT2D eigenvalue weighted by atomic mass is 9.96. The molecule has 0 bridgehead atoms. The first-order valence-corrected chi connectivity index (χ1v) is 7.08. The van der Waals surface area contributed by atoms with Crippen molar-refractivity contribution in [3.05, 3.63) is 57.8 Å². The zero-order valence-electron chi connectivity index (χ0n) is 10.3. The molecule has 2 aromatic rings. The van der Waals surface area contributed by atoms with E-state index >= 15 is 0 Å². The summed E-state index contributed by atoms with van der Waals surface area (Å²) in [5, 5.41) is 10.5. The predicted molar refractivity (Wildman–Crippen MR) is 76.3 cm³/mol. The summed E-state index contributed by atoms with van der Waals surface area (Å²) < 4.78 is 6.59. The first-order chi connectivity index (χ1) is 9.25. The number of aromatic nitrogens is 1.